The van der Waals surface area contributed by atoms with Crippen LogP contribution in [-0.2, 0) is 6.42 Å². The third kappa shape index (κ3) is 5.84. The molecule has 24 heavy (non-hydrogen) atoms. The molecule has 0 bridgehead atoms. The van der Waals surface area contributed by atoms with Crippen LogP contribution in [0.2, 0.25) is 0 Å². The summed E-state index contributed by atoms with van der Waals surface area (Å²) in [5.74, 6) is 0.926. The fourth-order valence-electron chi connectivity index (χ4n) is 2.68. The van der Waals surface area contributed by atoms with Crippen molar-refractivity contribution in [1.29, 1.82) is 0 Å². The summed E-state index contributed by atoms with van der Waals surface area (Å²) in [6, 6.07) is 12.7. The highest BCUT2D eigenvalue weighted by Gasteiger charge is 2.11. The number of anilines is 1. The van der Waals surface area contributed by atoms with Gasteiger partial charge in [-0.25, -0.2) is 4.39 Å². The summed E-state index contributed by atoms with van der Waals surface area (Å²) in [6.45, 7) is 2.37. The third-order valence-electron chi connectivity index (χ3n) is 4.07. The van der Waals surface area contributed by atoms with Gasteiger partial charge in [-0.1, -0.05) is 31.9 Å². The highest BCUT2D eigenvalue weighted by molar-refractivity contribution is 7.99. The minimum Gasteiger partial charge on any atom is -0.399 e. The number of rotatable bonds is 9. The molecule has 0 radical (unpaired) electrons. The molecule has 0 aromatic heterocycles. The van der Waals surface area contributed by atoms with Crippen LogP contribution in [0.5, 0.6) is 0 Å². The molecule has 130 valence electrons. The molecule has 4 heteroatoms. The standard InChI is InChI=1S/C20H26FNOS/c1-2-3-5-16(13-23)14-24-20-9-8-18(21)12-17(20)10-15-6-4-7-19(22)11-15/h4,6-9,11-12,16,23H,2-3,5,10,13-14,22H2,1H3/t16-/m0/s1. The topological polar surface area (TPSA) is 46.2 Å². The Bertz CT molecular complexity index is 647. The van der Waals surface area contributed by atoms with Crippen LogP contribution in [0.4, 0.5) is 10.1 Å². The van der Waals surface area contributed by atoms with Gasteiger partial charge >= 0.3 is 0 Å². The molecular weight excluding hydrogens is 321 g/mol. The Hall–Kier alpha value is -1.52. The Morgan fingerprint density at radius 1 is 1.21 bits per heavy atom. The first-order valence-electron chi connectivity index (χ1n) is 8.49. The van der Waals surface area contributed by atoms with E-state index in [-0.39, 0.29) is 12.4 Å². The van der Waals surface area contributed by atoms with Crippen molar-refractivity contribution in [3.8, 4) is 0 Å². The zero-order valence-electron chi connectivity index (χ0n) is 14.2. The number of hydrogen-bond donors (Lipinski definition) is 2. The molecule has 1 atom stereocenters. The Labute approximate surface area is 148 Å². The van der Waals surface area contributed by atoms with Crippen molar-refractivity contribution in [2.75, 3.05) is 18.1 Å². The first-order valence-corrected chi connectivity index (χ1v) is 9.47. The van der Waals surface area contributed by atoms with Gasteiger partial charge in [-0.2, -0.15) is 0 Å². The van der Waals surface area contributed by atoms with Gasteiger partial charge in [0.25, 0.3) is 0 Å². The predicted octanol–water partition coefficient (Wildman–Crippen LogP) is 4.89. The van der Waals surface area contributed by atoms with Crippen LogP contribution < -0.4 is 5.73 Å². The van der Waals surface area contributed by atoms with Gasteiger partial charge in [-0.3, -0.25) is 0 Å². The molecular formula is C20H26FNOS. The van der Waals surface area contributed by atoms with Crippen molar-refractivity contribution >= 4 is 17.4 Å². The molecule has 0 spiro atoms. The molecule has 2 nitrogen and oxygen atoms in total. The third-order valence-corrected chi connectivity index (χ3v) is 5.41. The molecule has 0 saturated carbocycles. The Morgan fingerprint density at radius 3 is 2.75 bits per heavy atom. The molecule has 2 aromatic rings. The largest absolute Gasteiger partial charge is 0.399 e. The van der Waals surface area contributed by atoms with Crippen molar-refractivity contribution in [2.24, 2.45) is 5.92 Å². The van der Waals surface area contributed by atoms with E-state index in [2.05, 4.69) is 6.92 Å². The SMILES string of the molecule is CCCC[C@@H](CO)CSc1ccc(F)cc1Cc1cccc(N)c1. The number of unbranched alkanes of at least 4 members (excludes halogenated alkanes) is 1. The fraction of sp³-hybridized carbons (Fsp3) is 0.400. The van der Waals surface area contributed by atoms with Crippen LogP contribution in [0, 0.1) is 11.7 Å². The average molecular weight is 347 g/mol. The van der Waals surface area contributed by atoms with Crippen molar-refractivity contribution in [3.63, 3.8) is 0 Å². The van der Waals surface area contributed by atoms with Crippen LogP contribution in [0.3, 0.4) is 0 Å². The molecule has 0 aliphatic heterocycles. The quantitative estimate of drug-likeness (QED) is 0.501. The maximum atomic E-state index is 13.7. The summed E-state index contributed by atoms with van der Waals surface area (Å²) in [5, 5.41) is 9.52. The summed E-state index contributed by atoms with van der Waals surface area (Å²) in [7, 11) is 0. The second-order valence-corrected chi connectivity index (χ2v) is 7.24. The van der Waals surface area contributed by atoms with Gasteiger partial charge in [0.2, 0.25) is 0 Å². The lowest BCUT2D eigenvalue weighted by Gasteiger charge is -2.15. The van der Waals surface area contributed by atoms with E-state index >= 15 is 0 Å². The minimum absolute atomic E-state index is 0.207. The zero-order chi connectivity index (χ0) is 17.4. The molecule has 2 rings (SSSR count). The molecule has 0 unspecified atom stereocenters. The van der Waals surface area contributed by atoms with Crippen LogP contribution >= 0.6 is 11.8 Å². The number of thioether (sulfide) groups is 1. The molecule has 2 aromatic carbocycles. The molecule has 0 amide bonds. The van der Waals surface area contributed by atoms with E-state index in [9.17, 15) is 9.50 Å². The minimum atomic E-state index is -0.219. The van der Waals surface area contributed by atoms with Gasteiger partial charge < -0.3 is 10.8 Å². The van der Waals surface area contributed by atoms with E-state index in [1.54, 1.807) is 17.8 Å². The lowest BCUT2D eigenvalue weighted by Crippen LogP contribution is -2.09. The van der Waals surface area contributed by atoms with Crippen LogP contribution in [0.1, 0.15) is 37.3 Å². The van der Waals surface area contributed by atoms with Gasteiger partial charge in [0.15, 0.2) is 0 Å². The normalized spacial score (nSPS) is 12.3. The Kier molecular flexibility index (Phi) is 7.60. The second-order valence-electron chi connectivity index (χ2n) is 6.18. The van der Waals surface area contributed by atoms with Crippen LogP contribution in [-0.4, -0.2) is 17.5 Å². The first kappa shape index (κ1) is 18.8. The van der Waals surface area contributed by atoms with Gasteiger partial charge in [-0.15, -0.1) is 11.8 Å². The molecule has 3 N–H and O–H groups in total. The van der Waals surface area contributed by atoms with Crippen molar-refractivity contribution in [1.82, 2.24) is 0 Å². The maximum Gasteiger partial charge on any atom is 0.123 e. The zero-order valence-corrected chi connectivity index (χ0v) is 15.0. The molecule has 0 fully saturated rings. The number of aliphatic hydroxyl groups is 1. The van der Waals surface area contributed by atoms with Crippen molar-refractivity contribution < 1.29 is 9.50 Å². The molecule has 0 heterocycles. The molecule has 0 aliphatic carbocycles. The monoisotopic (exact) mass is 347 g/mol. The Balaban J connectivity index is 2.09. The summed E-state index contributed by atoms with van der Waals surface area (Å²) in [5.41, 5.74) is 8.60. The van der Waals surface area contributed by atoms with E-state index in [1.165, 1.54) is 6.07 Å². The fourth-order valence-corrected chi connectivity index (χ4v) is 3.85. The number of nitrogen functional groups attached to an aromatic ring is 1. The second kappa shape index (κ2) is 9.70. The summed E-state index contributed by atoms with van der Waals surface area (Å²) in [4.78, 5) is 1.08. The number of benzene rings is 2. The van der Waals surface area contributed by atoms with Gasteiger partial charge in [0, 0.05) is 22.9 Å². The predicted molar refractivity (Wildman–Crippen MR) is 101 cm³/mol. The first-order chi connectivity index (χ1) is 11.6. The van der Waals surface area contributed by atoms with E-state index in [1.807, 2.05) is 30.3 Å². The highest BCUT2D eigenvalue weighted by atomic mass is 32.2. The van der Waals surface area contributed by atoms with Gasteiger partial charge in [0.05, 0.1) is 0 Å². The number of hydrogen-bond acceptors (Lipinski definition) is 3. The van der Waals surface area contributed by atoms with Gasteiger partial charge in [0.1, 0.15) is 5.82 Å². The Morgan fingerprint density at radius 2 is 2.04 bits per heavy atom. The number of nitrogens with two attached hydrogens (primary N) is 1. The molecule has 0 saturated heterocycles. The summed E-state index contributed by atoms with van der Waals surface area (Å²) < 4.78 is 13.7. The summed E-state index contributed by atoms with van der Waals surface area (Å²) in [6.07, 6.45) is 3.96. The number of halogens is 1. The van der Waals surface area contributed by atoms with Crippen molar-refractivity contribution in [2.45, 2.75) is 37.5 Å². The van der Waals surface area contributed by atoms with Crippen molar-refractivity contribution in [3.05, 3.63) is 59.4 Å². The lowest BCUT2D eigenvalue weighted by atomic mass is 10.0. The van der Waals surface area contributed by atoms with E-state index in [0.29, 0.717) is 12.3 Å². The summed E-state index contributed by atoms with van der Waals surface area (Å²) >= 11 is 1.70. The number of aliphatic hydroxyl groups excluding tert-OH is 1. The van der Waals surface area contributed by atoms with E-state index in [4.69, 9.17) is 5.73 Å². The van der Waals surface area contributed by atoms with Crippen LogP contribution in [0.25, 0.3) is 0 Å². The van der Waals surface area contributed by atoms with Crippen LogP contribution in [0.15, 0.2) is 47.4 Å². The van der Waals surface area contributed by atoms with Gasteiger partial charge in [-0.05, 0) is 60.2 Å². The van der Waals surface area contributed by atoms with E-state index in [0.717, 1.165) is 46.7 Å². The maximum absolute atomic E-state index is 13.7. The average Bonchev–Trinajstić information content (AvgIpc) is 2.56. The van der Waals surface area contributed by atoms with E-state index < -0.39 is 0 Å². The highest BCUT2D eigenvalue weighted by Crippen LogP contribution is 2.29. The molecule has 0 aliphatic rings. The lowest BCUT2D eigenvalue weighted by molar-refractivity contribution is 0.231. The smallest absolute Gasteiger partial charge is 0.123 e.